The van der Waals surface area contributed by atoms with Gasteiger partial charge in [-0.1, -0.05) is 54.6 Å². The van der Waals surface area contributed by atoms with E-state index in [2.05, 4.69) is 34.8 Å². The van der Waals surface area contributed by atoms with E-state index in [1.165, 1.54) is 17.9 Å². The van der Waals surface area contributed by atoms with E-state index in [0.29, 0.717) is 23.7 Å². The number of methoxy groups -OCH3 is 2. The van der Waals surface area contributed by atoms with Crippen LogP contribution < -0.4 is 19.6 Å². The summed E-state index contributed by atoms with van der Waals surface area (Å²) in [5, 5.41) is 6.43. The molecule has 0 saturated carbocycles. The van der Waals surface area contributed by atoms with E-state index >= 15 is 0 Å². The third kappa shape index (κ3) is 5.30. The first-order valence-corrected chi connectivity index (χ1v) is 10.4. The molecule has 0 heterocycles. The van der Waals surface area contributed by atoms with Crippen LogP contribution in [0.3, 0.4) is 0 Å². The Balaban J connectivity index is 1.39. The van der Waals surface area contributed by atoms with Crippen molar-refractivity contribution in [2.24, 2.45) is 5.10 Å². The number of nitrogens with one attached hydrogen (secondary N) is 1. The highest BCUT2D eigenvalue weighted by Gasteiger charge is 2.10. The third-order valence-electron chi connectivity index (χ3n) is 5.16. The molecule has 33 heavy (non-hydrogen) atoms. The average molecular weight is 440 g/mol. The Morgan fingerprint density at radius 1 is 0.879 bits per heavy atom. The number of carbonyl (C=O) groups is 1. The summed E-state index contributed by atoms with van der Waals surface area (Å²) < 4.78 is 16.4. The molecule has 0 aliphatic heterocycles. The summed E-state index contributed by atoms with van der Waals surface area (Å²) in [6, 6.07) is 26.9. The Morgan fingerprint density at radius 3 is 2.52 bits per heavy atom. The maximum absolute atomic E-state index is 12.4. The third-order valence-corrected chi connectivity index (χ3v) is 5.16. The highest BCUT2D eigenvalue weighted by atomic mass is 16.5. The molecule has 0 unspecified atom stereocenters. The molecular formula is C27H24N2O4. The number of carbonyl (C=O) groups excluding carboxylic acids is 1. The molecule has 6 nitrogen and oxygen atoms in total. The molecule has 0 aliphatic carbocycles. The van der Waals surface area contributed by atoms with Crippen LogP contribution in [0.15, 0.2) is 90.0 Å². The molecule has 0 spiro atoms. The van der Waals surface area contributed by atoms with Crippen LogP contribution in [-0.2, 0) is 6.61 Å². The Bertz CT molecular complexity index is 1300. The molecule has 4 rings (SSSR count). The summed E-state index contributed by atoms with van der Waals surface area (Å²) >= 11 is 0. The molecule has 0 saturated heterocycles. The summed E-state index contributed by atoms with van der Waals surface area (Å²) in [7, 11) is 3.06. The fourth-order valence-electron chi connectivity index (χ4n) is 3.47. The number of rotatable bonds is 8. The zero-order valence-electron chi connectivity index (χ0n) is 18.4. The number of fused-ring (bicyclic) bond motifs is 1. The molecular weight excluding hydrogens is 416 g/mol. The molecule has 0 atom stereocenters. The summed E-state index contributed by atoms with van der Waals surface area (Å²) in [5.74, 6) is 1.40. The lowest BCUT2D eigenvalue weighted by atomic mass is 10.1. The Kier molecular flexibility index (Phi) is 6.85. The SMILES string of the molecule is COc1ccc(C(=O)N/N=C/c2cccc(OCc3cccc4ccccc34)c2)cc1OC. The van der Waals surface area contributed by atoms with Crippen molar-refractivity contribution in [1.29, 1.82) is 0 Å². The smallest absolute Gasteiger partial charge is 0.271 e. The van der Waals surface area contributed by atoms with Gasteiger partial charge in [0.1, 0.15) is 12.4 Å². The molecule has 166 valence electrons. The summed E-state index contributed by atoms with van der Waals surface area (Å²) in [6.07, 6.45) is 1.57. The lowest BCUT2D eigenvalue weighted by molar-refractivity contribution is 0.0954. The van der Waals surface area contributed by atoms with Crippen molar-refractivity contribution in [1.82, 2.24) is 5.43 Å². The van der Waals surface area contributed by atoms with Gasteiger partial charge in [0.25, 0.3) is 5.91 Å². The number of benzene rings is 4. The van der Waals surface area contributed by atoms with Gasteiger partial charge in [0, 0.05) is 5.56 Å². The summed E-state index contributed by atoms with van der Waals surface area (Å²) in [4.78, 5) is 12.4. The number of hydrogen-bond acceptors (Lipinski definition) is 5. The van der Waals surface area contributed by atoms with E-state index in [1.807, 2.05) is 42.5 Å². The number of nitrogens with zero attached hydrogens (tertiary/aromatic N) is 1. The minimum atomic E-state index is -0.351. The predicted octanol–water partition coefficient (Wildman–Crippen LogP) is 5.20. The second kappa shape index (κ2) is 10.3. The van der Waals surface area contributed by atoms with Crippen LogP contribution in [0.1, 0.15) is 21.5 Å². The van der Waals surface area contributed by atoms with E-state index in [0.717, 1.165) is 16.9 Å². The topological polar surface area (TPSA) is 69.2 Å². The standard InChI is InChI=1S/C27H24N2O4/c1-31-25-14-13-21(16-26(25)32-2)27(30)29-28-17-19-7-5-11-23(15-19)33-18-22-10-6-9-20-8-3-4-12-24(20)22/h3-17H,18H2,1-2H3,(H,29,30)/b28-17+. The molecule has 0 aromatic heterocycles. The van der Waals surface area contributed by atoms with Gasteiger partial charge in [-0.3, -0.25) is 4.79 Å². The van der Waals surface area contributed by atoms with Crippen molar-refractivity contribution in [3.63, 3.8) is 0 Å². The first kappa shape index (κ1) is 21.9. The fourth-order valence-corrected chi connectivity index (χ4v) is 3.47. The maximum atomic E-state index is 12.4. The predicted molar refractivity (Wildman–Crippen MR) is 129 cm³/mol. The van der Waals surface area contributed by atoms with Gasteiger partial charge < -0.3 is 14.2 Å². The Morgan fingerprint density at radius 2 is 1.67 bits per heavy atom. The fraction of sp³-hybridized carbons (Fsp3) is 0.111. The molecule has 1 amide bonds. The van der Waals surface area contributed by atoms with E-state index in [4.69, 9.17) is 14.2 Å². The van der Waals surface area contributed by atoms with E-state index in [-0.39, 0.29) is 5.91 Å². The highest BCUT2D eigenvalue weighted by Crippen LogP contribution is 2.27. The molecule has 6 heteroatoms. The van der Waals surface area contributed by atoms with E-state index in [9.17, 15) is 4.79 Å². The van der Waals surface area contributed by atoms with Crippen LogP contribution in [-0.4, -0.2) is 26.3 Å². The minimum Gasteiger partial charge on any atom is -0.493 e. The van der Waals surface area contributed by atoms with Crippen molar-refractivity contribution in [3.8, 4) is 17.2 Å². The molecule has 0 fully saturated rings. The van der Waals surface area contributed by atoms with Crippen molar-refractivity contribution in [2.75, 3.05) is 14.2 Å². The van der Waals surface area contributed by atoms with Gasteiger partial charge in [-0.15, -0.1) is 0 Å². The summed E-state index contributed by atoms with van der Waals surface area (Å²) in [6.45, 7) is 0.456. The normalized spacial score (nSPS) is 10.8. The Labute approximate surface area is 192 Å². The van der Waals surface area contributed by atoms with Gasteiger partial charge in [-0.25, -0.2) is 5.43 Å². The number of ether oxygens (including phenoxy) is 3. The number of hydrogen-bond donors (Lipinski definition) is 1. The quantitative estimate of drug-likeness (QED) is 0.302. The second-order valence-corrected chi connectivity index (χ2v) is 7.27. The van der Waals surface area contributed by atoms with Crippen LogP contribution in [0.4, 0.5) is 0 Å². The van der Waals surface area contributed by atoms with E-state index < -0.39 is 0 Å². The van der Waals surface area contributed by atoms with E-state index in [1.54, 1.807) is 31.5 Å². The minimum absolute atomic E-state index is 0.351. The van der Waals surface area contributed by atoms with Gasteiger partial charge in [0.05, 0.1) is 20.4 Å². The highest BCUT2D eigenvalue weighted by molar-refractivity contribution is 5.95. The number of hydrazone groups is 1. The van der Waals surface area contributed by atoms with Gasteiger partial charge in [0.15, 0.2) is 11.5 Å². The lowest BCUT2D eigenvalue weighted by Gasteiger charge is -2.10. The molecule has 4 aromatic carbocycles. The van der Waals surface area contributed by atoms with Crippen LogP contribution >= 0.6 is 0 Å². The molecule has 0 radical (unpaired) electrons. The second-order valence-electron chi connectivity index (χ2n) is 7.27. The molecule has 4 aromatic rings. The van der Waals surface area contributed by atoms with Crippen LogP contribution in [0.2, 0.25) is 0 Å². The molecule has 1 N–H and O–H groups in total. The number of amides is 1. The van der Waals surface area contributed by atoms with Crippen molar-refractivity contribution in [3.05, 3.63) is 102 Å². The van der Waals surface area contributed by atoms with Gasteiger partial charge in [0.2, 0.25) is 0 Å². The zero-order chi connectivity index (χ0) is 23.0. The average Bonchev–Trinajstić information content (AvgIpc) is 2.87. The molecule has 0 bridgehead atoms. The van der Waals surface area contributed by atoms with Crippen LogP contribution in [0.5, 0.6) is 17.2 Å². The zero-order valence-corrected chi connectivity index (χ0v) is 18.4. The first-order valence-electron chi connectivity index (χ1n) is 10.4. The van der Waals surface area contributed by atoms with Gasteiger partial charge >= 0.3 is 0 Å². The van der Waals surface area contributed by atoms with Crippen LogP contribution in [0.25, 0.3) is 10.8 Å². The largest absolute Gasteiger partial charge is 0.493 e. The van der Waals surface area contributed by atoms with Gasteiger partial charge in [-0.05, 0) is 52.2 Å². The van der Waals surface area contributed by atoms with Crippen molar-refractivity contribution in [2.45, 2.75) is 6.61 Å². The van der Waals surface area contributed by atoms with Crippen molar-refractivity contribution < 1.29 is 19.0 Å². The lowest BCUT2D eigenvalue weighted by Crippen LogP contribution is -2.17. The summed E-state index contributed by atoms with van der Waals surface area (Å²) in [5.41, 5.74) is 4.86. The Hall–Kier alpha value is -4.32. The van der Waals surface area contributed by atoms with Crippen LogP contribution in [0, 0.1) is 0 Å². The van der Waals surface area contributed by atoms with Crippen molar-refractivity contribution >= 4 is 22.9 Å². The molecule has 0 aliphatic rings. The monoisotopic (exact) mass is 440 g/mol. The maximum Gasteiger partial charge on any atom is 0.271 e. The van der Waals surface area contributed by atoms with Gasteiger partial charge in [-0.2, -0.15) is 5.10 Å². The first-order chi connectivity index (χ1) is 16.2.